The summed E-state index contributed by atoms with van der Waals surface area (Å²) in [5.74, 6) is 0.569. The summed E-state index contributed by atoms with van der Waals surface area (Å²) in [5, 5.41) is 52.5. The third-order valence-corrected chi connectivity index (χ3v) is 9.55. The van der Waals surface area contributed by atoms with Crippen LogP contribution in [0.3, 0.4) is 0 Å². The molecular formula is C29H55N7O8. The molecular weight excluding hydrogens is 574 g/mol. The van der Waals surface area contributed by atoms with Crippen LogP contribution in [0.2, 0.25) is 0 Å². The maximum Gasteiger partial charge on any atom is 0.250 e. The standard InChI is InChI=1S/C29H55N7O8/c1-29(41)9-7-21(22(38)26(29)34-2)43-25-19(36-27(40)20(37)12-30)11-18(33)24(23(25)39)44-28-17(32)6-5-15(42-28)13-35-10-8-16(31)14-3-4-14/h5,14,16-26,28,34-35,37-39,41H,3-4,6-13,30-33H2,1-2H3,(H,36,40)/t16?,17-,18+,19-,20+,21+,22+,23+,24-,25+,26-,28-,29+/m1/s1. The van der Waals surface area contributed by atoms with E-state index < -0.39 is 78.6 Å². The molecule has 15 nitrogen and oxygen atoms in total. The van der Waals surface area contributed by atoms with Gasteiger partial charge in [0.15, 0.2) is 0 Å². The number of carbonyl (C=O) groups excluding carboxylic acids is 1. The van der Waals surface area contributed by atoms with Crippen molar-refractivity contribution in [1.29, 1.82) is 0 Å². The van der Waals surface area contributed by atoms with Crippen molar-refractivity contribution in [2.45, 2.75) is 131 Å². The lowest BCUT2D eigenvalue weighted by Gasteiger charge is -2.49. The highest BCUT2D eigenvalue weighted by molar-refractivity contribution is 5.81. The summed E-state index contributed by atoms with van der Waals surface area (Å²) in [7, 11) is 1.63. The molecule has 1 heterocycles. The summed E-state index contributed by atoms with van der Waals surface area (Å²) in [5.41, 5.74) is 23.3. The fraction of sp³-hybridized carbons (Fsp3) is 0.897. The zero-order valence-electron chi connectivity index (χ0n) is 25.9. The SMILES string of the molecule is CN[C@@H]1[C@@H](O)[C@@H](O[C@@H]2[C@@H](O)[C@H](O[C@H]3OC(CNCCC(N)C4CC4)=CC[C@H]3N)[C@@H](N)C[C@H]2NC(=O)[C@@H](O)CN)CC[C@]1(C)O. The van der Waals surface area contributed by atoms with E-state index in [0.717, 1.165) is 13.0 Å². The van der Waals surface area contributed by atoms with Gasteiger partial charge in [-0.2, -0.15) is 0 Å². The Labute approximate surface area is 259 Å². The Bertz CT molecular complexity index is 972. The van der Waals surface area contributed by atoms with Crippen LogP contribution in [-0.2, 0) is 19.0 Å². The molecule has 4 aliphatic rings. The predicted octanol–water partition coefficient (Wildman–Crippen LogP) is -3.81. The van der Waals surface area contributed by atoms with Gasteiger partial charge in [-0.3, -0.25) is 4.79 Å². The third kappa shape index (κ3) is 8.66. The number of aliphatic hydroxyl groups is 4. The Morgan fingerprint density at radius 1 is 1.16 bits per heavy atom. The second-order valence-electron chi connectivity index (χ2n) is 13.2. The summed E-state index contributed by atoms with van der Waals surface area (Å²) >= 11 is 0. The Morgan fingerprint density at radius 3 is 2.55 bits per heavy atom. The molecule has 15 heteroatoms. The molecule has 0 aromatic heterocycles. The van der Waals surface area contributed by atoms with Gasteiger partial charge in [-0.1, -0.05) is 0 Å². The maximum atomic E-state index is 12.6. The average Bonchev–Trinajstić information content (AvgIpc) is 3.83. The van der Waals surface area contributed by atoms with Crippen molar-refractivity contribution in [2.24, 2.45) is 28.9 Å². The van der Waals surface area contributed by atoms with Gasteiger partial charge >= 0.3 is 0 Å². The van der Waals surface area contributed by atoms with E-state index in [-0.39, 0.29) is 19.0 Å². The second-order valence-corrected chi connectivity index (χ2v) is 13.2. The minimum Gasteiger partial charge on any atom is -0.467 e. The van der Waals surface area contributed by atoms with Gasteiger partial charge in [0.05, 0.1) is 42.5 Å². The first kappa shape index (κ1) is 35.4. The molecule has 0 aromatic carbocycles. The van der Waals surface area contributed by atoms with Crippen LogP contribution in [0.5, 0.6) is 0 Å². The number of nitrogens with two attached hydrogens (primary N) is 4. The molecule has 44 heavy (non-hydrogen) atoms. The van der Waals surface area contributed by atoms with Crippen molar-refractivity contribution in [3.05, 3.63) is 11.8 Å². The molecule has 3 fully saturated rings. The molecule has 1 unspecified atom stereocenters. The average molecular weight is 630 g/mol. The second kappa shape index (κ2) is 15.4. The highest BCUT2D eigenvalue weighted by Gasteiger charge is 2.51. The molecule has 0 radical (unpaired) electrons. The predicted molar refractivity (Wildman–Crippen MR) is 162 cm³/mol. The molecule has 1 aliphatic heterocycles. The molecule has 13 atom stereocenters. The van der Waals surface area contributed by atoms with Crippen molar-refractivity contribution in [3.8, 4) is 0 Å². The van der Waals surface area contributed by atoms with Gasteiger partial charge in [-0.05, 0) is 77.5 Å². The molecule has 3 saturated carbocycles. The molecule has 15 N–H and O–H groups in total. The largest absolute Gasteiger partial charge is 0.467 e. The van der Waals surface area contributed by atoms with Crippen LogP contribution in [0.25, 0.3) is 0 Å². The summed E-state index contributed by atoms with van der Waals surface area (Å²) in [4.78, 5) is 12.6. The Kier molecular flexibility index (Phi) is 12.4. The first-order chi connectivity index (χ1) is 20.9. The number of nitrogens with one attached hydrogen (secondary N) is 3. The summed E-state index contributed by atoms with van der Waals surface area (Å²) in [6.07, 6.45) is -1.27. The number of carbonyl (C=O) groups is 1. The van der Waals surface area contributed by atoms with Crippen molar-refractivity contribution in [2.75, 3.05) is 26.7 Å². The van der Waals surface area contributed by atoms with Crippen LogP contribution in [0.15, 0.2) is 11.8 Å². The fourth-order valence-electron chi connectivity index (χ4n) is 6.60. The van der Waals surface area contributed by atoms with Gasteiger partial charge in [0.25, 0.3) is 0 Å². The van der Waals surface area contributed by atoms with Gasteiger partial charge in [-0.25, -0.2) is 0 Å². The van der Waals surface area contributed by atoms with Gasteiger partial charge in [0, 0.05) is 18.6 Å². The first-order valence-corrected chi connectivity index (χ1v) is 15.9. The monoisotopic (exact) mass is 629 g/mol. The molecule has 254 valence electrons. The maximum absolute atomic E-state index is 12.6. The number of ether oxygens (including phenoxy) is 3. The molecule has 0 saturated heterocycles. The van der Waals surface area contributed by atoms with E-state index in [4.69, 9.17) is 37.1 Å². The van der Waals surface area contributed by atoms with Crippen LogP contribution in [-0.4, -0.2) is 132 Å². The van der Waals surface area contributed by atoms with E-state index in [1.54, 1.807) is 14.0 Å². The summed E-state index contributed by atoms with van der Waals surface area (Å²) in [6.45, 7) is 2.57. The molecule has 1 amide bonds. The third-order valence-electron chi connectivity index (χ3n) is 9.55. The normalized spacial score (nSPS) is 40.9. The van der Waals surface area contributed by atoms with E-state index in [0.29, 0.717) is 37.5 Å². The Morgan fingerprint density at radius 2 is 1.89 bits per heavy atom. The van der Waals surface area contributed by atoms with Crippen LogP contribution in [0.4, 0.5) is 0 Å². The highest BCUT2D eigenvalue weighted by atomic mass is 16.7. The fourth-order valence-corrected chi connectivity index (χ4v) is 6.60. The van der Waals surface area contributed by atoms with E-state index >= 15 is 0 Å². The topological polar surface area (TPSA) is 266 Å². The Hall–Kier alpha value is -1.47. The van der Waals surface area contributed by atoms with E-state index in [2.05, 4.69) is 16.0 Å². The lowest BCUT2D eigenvalue weighted by molar-refractivity contribution is -0.240. The van der Waals surface area contributed by atoms with Crippen molar-refractivity contribution in [1.82, 2.24) is 16.0 Å². The van der Waals surface area contributed by atoms with Crippen LogP contribution in [0, 0.1) is 5.92 Å². The van der Waals surface area contributed by atoms with Crippen molar-refractivity contribution in [3.63, 3.8) is 0 Å². The zero-order chi connectivity index (χ0) is 32.2. The van der Waals surface area contributed by atoms with Crippen LogP contribution in [0.1, 0.15) is 51.9 Å². The Balaban J connectivity index is 1.42. The molecule has 0 bridgehead atoms. The quantitative estimate of drug-likeness (QED) is 0.0823. The zero-order valence-corrected chi connectivity index (χ0v) is 25.9. The van der Waals surface area contributed by atoms with Crippen LogP contribution < -0.4 is 38.9 Å². The lowest BCUT2D eigenvalue weighted by atomic mass is 9.77. The number of rotatable bonds is 14. The lowest BCUT2D eigenvalue weighted by Crippen LogP contribution is -2.68. The van der Waals surface area contributed by atoms with Crippen molar-refractivity contribution >= 4 is 5.91 Å². The van der Waals surface area contributed by atoms with E-state index in [9.17, 15) is 25.2 Å². The van der Waals surface area contributed by atoms with Gasteiger partial charge in [-0.15, -0.1) is 0 Å². The van der Waals surface area contributed by atoms with Crippen molar-refractivity contribution < 1.29 is 39.4 Å². The van der Waals surface area contributed by atoms with Crippen LogP contribution >= 0.6 is 0 Å². The van der Waals surface area contributed by atoms with Gasteiger partial charge in [0.2, 0.25) is 12.2 Å². The number of hydrogen-bond donors (Lipinski definition) is 11. The summed E-state index contributed by atoms with van der Waals surface area (Å²) < 4.78 is 18.6. The smallest absolute Gasteiger partial charge is 0.250 e. The number of aliphatic hydroxyl groups excluding tert-OH is 3. The minimum absolute atomic E-state index is 0.124. The highest BCUT2D eigenvalue weighted by Crippen LogP contribution is 2.35. The summed E-state index contributed by atoms with van der Waals surface area (Å²) in [6, 6.07) is -2.60. The van der Waals surface area contributed by atoms with Gasteiger partial charge in [0.1, 0.15) is 30.2 Å². The number of hydrogen-bond acceptors (Lipinski definition) is 14. The van der Waals surface area contributed by atoms with E-state index in [1.165, 1.54) is 12.8 Å². The molecule has 3 aliphatic carbocycles. The molecule has 4 rings (SSSR count). The number of amides is 1. The van der Waals surface area contributed by atoms with Gasteiger partial charge < -0.3 is 73.5 Å². The number of likely N-dealkylation sites (N-methyl/N-ethyl adjacent to an activating group) is 1. The first-order valence-electron chi connectivity index (χ1n) is 15.9. The molecule has 0 spiro atoms. The molecule has 0 aromatic rings. The minimum atomic E-state index is -1.46. The van der Waals surface area contributed by atoms with E-state index in [1.807, 2.05) is 6.08 Å².